The Hall–Kier alpha value is -0.610. The van der Waals surface area contributed by atoms with E-state index < -0.39 is 5.41 Å². The van der Waals surface area contributed by atoms with E-state index in [9.17, 15) is 4.79 Å². The Balaban J connectivity index is 2.20. The van der Waals surface area contributed by atoms with Crippen molar-refractivity contribution < 1.29 is 14.3 Å². The smallest absolute Gasteiger partial charge is 0.313 e. The molecule has 0 aromatic rings. The Morgan fingerprint density at radius 2 is 1.94 bits per heavy atom. The number of carbonyl (C=O) groups excluding carboxylic acids is 1. The molecule has 1 aliphatic carbocycles. The minimum absolute atomic E-state index is 0.134. The van der Waals surface area contributed by atoms with Crippen LogP contribution in [-0.4, -0.2) is 32.3 Å². The van der Waals surface area contributed by atoms with E-state index in [0.717, 1.165) is 25.7 Å². The standard InChI is InChI=1S/C13H25NO3/c1-11(2)9-16-7-8-17-12(15)13(10-14)5-3-4-6-13/h11H,3-10,14H2,1-2H3. The maximum atomic E-state index is 11.9. The lowest BCUT2D eigenvalue weighted by atomic mass is 9.86. The van der Waals surface area contributed by atoms with Gasteiger partial charge in [0.15, 0.2) is 0 Å². The maximum Gasteiger partial charge on any atom is 0.313 e. The zero-order valence-corrected chi connectivity index (χ0v) is 11.0. The van der Waals surface area contributed by atoms with Crippen LogP contribution in [0.2, 0.25) is 0 Å². The van der Waals surface area contributed by atoms with E-state index >= 15 is 0 Å². The molecule has 100 valence electrons. The molecule has 0 spiro atoms. The molecule has 0 saturated heterocycles. The van der Waals surface area contributed by atoms with Crippen molar-refractivity contribution in [3.05, 3.63) is 0 Å². The van der Waals surface area contributed by atoms with Crippen LogP contribution < -0.4 is 5.73 Å². The molecule has 1 saturated carbocycles. The number of hydrogen-bond acceptors (Lipinski definition) is 4. The van der Waals surface area contributed by atoms with Gasteiger partial charge in [0.1, 0.15) is 6.61 Å². The molecule has 1 rings (SSSR count). The Bertz CT molecular complexity index is 235. The molecule has 1 fully saturated rings. The Morgan fingerprint density at radius 3 is 2.47 bits per heavy atom. The minimum atomic E-state index is -0.405. The summed E-state index contributed by atoms with van der Waals surface area (Å²) in [6, 6.07) is 0. The molecule has 0 atom stereocenters. The molecule has 4 heteroatoms. The van der Waals surface area contributed by atoms with Gasteiger partial charge in [-0.25, -0.2) is 0 Å². The summed E-state index contributed by atoms with van der Waals surface area (Å²) in [6.07, 6.45) is 3.90. The number of carbonyl (C=O) groups is 1. The van der Waals surface area contributed by atoms with Crippen LogP contribution in [0.3, 0.4) is 0 Å². The summed E-state index contributed by atoms with van der Waals surface area (Å²) in [5, 5.41) is 0. The number of esters is 1. The SMILES string of the molecule is CC(C)COCCOC(=O)C1(CN)CCCC1. The van der Waals surface area contributed by atoms with E-state index in [4.69, 9.17) is 15.2 Å². The van der Waals surface area contributed by atoms with Gasteiger partial charge in [-0.3, -0.25) is 4.79 Å². The van der Waals surface area contributed by atoms with Gasteiger partial charge >= 0.3 is 5.97 Å². The van der Waals surface area contributed by atoms with Gasteiger partial charge in [-0.05, 0) is 18.8 Å². The fraction of sp³-hybridized carbons (Fsp3) is 0.923. The summed E-state index contributed by atoms with van der Waals surface area (Å²) in [5.74, 6) is 0.376. The number of rotatable bonds is 7. The second-order valence-corrected chi connectivity index (χ2v) is 5.30. The summed E-state index contributed by atoms with van der Waals surface area (Å²) in [5.41, 5.74) is 5.30. The highest BCUT2D eigenvalue weighted by atomic mass is 16.6. The quantitative estimate of drug-likeness (QED) is 0.546. The summed E-state index contributed by atoms with van der Waals surface area (Å²) >= 11 is 0. The van der Waals surface area contributed by atoms with Gasteiger partial charge in [0.05, 0.1) is 12.0 Å². The maximum absolute atomic E-state index is 11.9. The van der Waals surface area contributed by atoms with Gasteiger partial charge in [-0.2, -0.15) is 0 Å². The molecule has 17 heavy (non-hydrogen) atoms. The van der Waals surface area contributed by atoms with E-state index in [1.54, 1.807) is 0 Å². The third-order valence-electron chi connectivity index (χ3n) is 3.30. The van der Waals surface area contributed by atoms with Gasteiger partial charge in [0, 0.05) is 13.2 Å². The third kappa shape index (κ3) is 4.28. The van der Waals surface area contributed by atoms with E-state index in [2.05, 4.69) is 13.8 Å². The lowest BCUT2D eigenvalue weighted by molar-refractivity contribution is -0.156. The summed E-state index contributed by atoms with van der Waals surface area (Å²) in [6.45, 7) is 6.11. The first-order valence-electron chi connectivity index (χ1n) is 6.56. The average molecular weight is 243 g/mol. The highest BCUT2D eigenvalue weighted by Crippen LogP contribution is 2.38. The Morgan fingerprint density at radius 1 is 1.29 bits per heavy atom. The first kappa shape index (κ1) is 14.5. The summed E-state index contributed by atoms with van der Waals surface area (Å²) < 4.78 is 10.6. The largest absolute Gasteiger partial charge is 0.463 e. The van der Waals surface area contributed by atoms with Crippen molar-refractivity contribution in [2.75, 3.05) is 26.4 Å². The normalized spacial score (nSPS) is 18.6. The van der Waals surface area contributed by atoms with Crippen molar-refractivity contribution in [1.29, 1.82) is 0 Å². The minimum Gasteiger partial charge on any atom is -0.463 e. The second kappa shape index (κ2) is 6.97. The van der Waals surface area contributed by atoms with Crippen LogP contribution >= 0.6 is 0 Å². The fourth-order valence-corrected chi connectivity index (χ4v) is 2.21. The van der Waals surface area contributed by atoms with Crippen molar-refractivity contribution in [1.82, 2.24) is 0 Å². The van der Waals surface area contributed by atoms with Crippen LogP contribution in [-0.2, 0) is 14.3 Å². The molecule has 0 unspecified atom stereocenters. The molecule has 4 nitrogen and oxygen atoms in total. The van der Waals surface area contributed by atoms with Crippen LogP contribution in [0.1, 0.15) is 39.5 Å². The predicted molar refractivity (Wildman–Crippen MR) is 66.6 cm³/mol. The Labute approximate surface area is 104 Å². The fourth-order valence-electron chi connectivity index (χ4n) is 2.21. The first-order chi connectivity index (χ1) is 8.10. The molecular formula is C13H25NO3. The summed E-state index contributed by atoms with van der Waals surface area (Å²) in [4.78, 5) is 11.9. The van der Waals surface area contributed by atoms with Crippen LogP contribution in [0.25, 0.3) is 0 Å². The number of ether oxygens (including phenoxy) is 2. The van der Waals surface area contributed by atoms with E-state index in [1.165, 1.54) is 0 Å². The zero-order valence-electron chi connectivity index (χ0n) is 11.0. The highest BCUT2D eigenvalue weighted by molar-refractivity contribution is 5.77. The molecule has 1 aliphatic rings. The molecule has 0 radical (unpaired) electrons. The molecular weight excluding hydrogens is 218 g/mol. The molecule has 0 aromatic heterocycles. The lowest BCUT2D eigenvalue weighted by Crippen LogP contribution is -2.38. The molecule has 0 aromatic carbocycles. The Kier molecular flexibility index (Phi) is 5.92. The van der Waals surface area contributed by atoms with Crippen molar-refractivity contribution in [3.8, 4) is 0 Å². The van der Waals surface area contributed by atoms with E-state index in [-0.39, 0.29) is 5.97 Å². The number of nitrogens with two attached hydrogens (primary N) is 1. The first-order valence-corrected chi connectivity index (χ1v) is 6.56. The van der Waals surface area contributed by atoms with Gasteiger partial charge < -0.3 is 15.2 Å². The molecule has 0 bridgehead atoms. The summed E-state index contributed by atoms with van der Waals surface area (Å²) in [7, 11) is 0. The van der Waals surface area contributed by atoms with E-state index in [1.807, 2.05) is 0 Å². The monoisotopic (exact) mass is 243 g/mol. The second-order valence-electron chi connectivity index (χ2n) is 5.30. The lowest BCUT2D eigenvalue weighted by Gasteiger charge is -2.24. The van der Waals surface area contributed by atoms with Crippen molar-refractivity contribution >= 4 is 5.97 Å². The highest BCUT2D eigenvalue weighted by Gasteiger charge is 2.41. The molecule has 0 aliphatic heterocycles. The van der Waals surface area contributed by atoms with Crippen molar-refractivity contribution in [2.24, 2.45) is 17.1 Å². The predicted octanol–water partition coefficient (Wildman–Crippen LogP) is 1.72. The zero-order chi connectivity index (χ0) is 12.7. The molecule has 0 heterocycles. The van der Waals surface area contributed by atoms with Crippen LogP contribution in [0.5, 0.6) is 0 Å². The third-order valence-corrected chi connectivity index (χ3v) is 3.30. The van der Waals surface area contributed by atoms with E-state index in [0.29, 0.717) is 32.3 Å². The molecule has 2 N–H and O–H groups in total. The van der Waals surface area contributed by atoms with Crippen LogP contribution in [0.15, 0.2) is 0 Å². The molecule has 0 amide bonds. The average Bonchev–Trinajstić information content (AvgIpc) is 2.77. The topological polar surface area (TPSA) is 61.5 Å². The van der Waals surface area contributed by atoms with Gasteiger partial charge in [0.25, 0.3) is 0 Å². The van der Waals surface area contributed by atoms with Gasteiger partial charge in [-0.1, -0.05) is 26.7 Å². The van der Waals surface area contributed by atoms with Crippen molar-refractivity contribution in [2.45, 2.75) is 39.5 Å². The van der Waals surface area contributed by atoms with Gasteiger partial charge in [0.2, 0.25) is 0 Å². The van der Waals surface area contributed by atoms with Crippen molar-refractivity contribution in [3.63, 3.8) is 0 Å². The van der Waals surface area contributed by atoms with Crippen LogP contribution in [0.4, 0.5) is 0 Å². The van der Waals surface area contributed by atoms with Crippen LogP contribution in [0, 0.1) is 11.3 Å². The van der Waals surface area contributed by atoms with Gasteiger partial charge in [-0.15, -0.1) is 0 Å². The number of hydrogen-bond donors (Lipinski definition) is 1.